The lowest BCUT2D eigenvalue weighted by molar-refractivity contribution is -0.136. The van der Waals surface area contributed by atoms with Crippen molar-refractivity contribution in [3.05, 3.63) is 0 Å². The quantitative estimate of drug-likeness (QED) is 0.523. The molecule has 0 amide bonds. The monoisotopic (exact) mass is 196 g/mol. The van der Waals surface area contributed by atoms with Crippen molar-refractivity contribution in [2.45, 2.75) is 52.4 Å². The summed E-state index contributed by atoms with van der Waals surface area (Å²) in [7, 11) is 0. The Kier molecular flexibility index (Phi) is 8.02. The Morgan fingerprint density at radius 2 is 2.14 bits per heavy atom. The third kappa shape index (κ3) is 9.12. The molecule has 0 aromatic carbocycles. The molecule has 1 atom stereocenters. The zero-order valence-corrected chi connectivity index (χ0v) is 9.18. The van der Waals surface area contributed by atoms with E-state index in [1.807, 2.05) is 0 Å². The van der Waals surface area contributed by atoms with Crippen LogP contribution in [0.2, 0.25) is 0 Å². The molecule has 1 N–H and O–H groups in total. The van der Waals surface area contributed by atoms with Crippen molar-refractivity contribution in [3.63, 3.8) is 0 Å². The number of carbonyl (C=O) groups is 1. The maximum Gasteiger partial charge on any atom is 0.304 e. The summed E-state index contributed by atoms with van der Waals surface area (Å²) in [5.74, 6) is 5.64. The molecule has 0 aliphatic rings. The predicted molar refractivity (Wildman–Crippen MR) is 58.0 cm³/mol. The maximum atomic E-state index is 10.2. The van der Waals surface area contributed by atoms with Crippen molar-refractivity contribution >= 4 is 5.97 Å². The normalized spacial score (nSPS) is 11.6. The lowest BCUT2D eigenvalue weighted by Gasteiger charge is -2.01. The molecule has 0 rings (SSSR count). The van der Waals surface area contributed by atoms with Gasteiger partial charge in [-0.3, -0.25) is 4.79 Å². The maximum absolute atomic E-state index is 10.2. The molecular formula is C12H20O2. The second-order valence-electron chi connectivity index (χ2n) is 3.61. The van der Waals surface area contributed by atoms with Crippen LogP contribution in [0.4, 0.5) is 0 Å². The Bertz CT molecular complexity index is 210. The molecule has 0 spiro atoms. The fraction of sp³-hybridized carbons (Fsp3) is 0.750. The van der Waals surface area contributed by atoms with Gasteiger partial charge in [0.1, 0.15) is 0 Å². The average molecular weight is 196 g/mol. The van der Waals surface area contributed by atoms with Crippen LogP contribution in [0.15, 0.2) is 0 Å². The summed E-state index contributed by atoms with van der Waals surface area (Å²) in [6, 6.07) is 0. The van der Waals surface area contributed by atoms with E-state index in [4.69, 9.17) is 5.11 Å². The van der Waals surface area contributed by atoms with Gasteiger partial charge in [0.25, 0.3) is 0 Å². The van der Waals surface area contributed by atoms with E-state index in [2.05, 4.69) is 25.7 Å². The first-order chi connectivity index (χ1) is 6.66. The van der Waals surface area contributed by atoms with E-state index in [0.29, 0.717) is 12.3 Å². The van der Waals surface area contributed by atoms with Crippen LogP contribution in [-0.4, -0.2) is 11.1 Å². The van der Waals surface area contributed by atoms with Gasteiger partial charge in [0.2, 0.25) is 0 Å². The number of aliphatic carboxylic acids is 1. The van der Waals surface area contributed by atoms with Crippen molar-refractivity contribution in [2.24, 2.45) is 5.92 Å². The van der Waals surface area contributed by atoms with Crippen molar-refractivity contribution in [2.75, 3.05) is 0 Å². The molecule has 0 aromatic rings. The Morgan fingerprint density at radius 3 is 2.71 bits per heavy atom. The third-order valence-electron chi connectivity index (χ3n) is 2.05. The van der Waals surface area contributed by atoms with Gasteiger partial charge in [-0.15, -0.1) is 11.8 Å². The molecule has 80 valence electrons. The molecule has 0 bridgehead atoms. The molecule has 1 unspecified atom stereocenters. The van der Waals surface area contributed by atoms with E-state index in [0.717, 1.165) is 6.42 Å². The molecule has 0 aliphatic heterocycles. The summed E-state index contributed by atoms with van der Waals surface area (Å²) in [6.07, 6.45) is 5.50. The minimum atomic E-state index is -0.766. The van der Waals surface area contributed by atoms with E-state index < -0.39 is 5.97 Å². The second kappa shape index (κ2) is 8.62. The number of hydrogen-bond acceptors (Lipinski definition) is 1. The fourth-order valence-electron chi connectivity index (χ4n) is 1.19. The molecule has 0 aliphatic carbocycles. The number of unbranched alkanes of at least 4 members (excludes halogenated alkanes) is 2. The first kappa shape index (κ1) is 13.0. The highest BCUT2D eigenvalue weighted by atomic mass is 16.4. The van der Waals surface area contributed by atoms with E-state index in [1.165, 1.54) is 19.3 Å². The van der Waals surface area contributed by atoms with Gasteiger partial charge < -0.3 is 5.11 Å². The van der Waals surface area contributed by atoms with E-state index >= 15 is 0 Å². The summed E-state index contributed by atoms with van der Waals surface area (Å²) < 4.78 is 0. The van der Waals surface area contributed by atoms with Crippen LogP contribution < -0.4 is 0 Å². The van der Waals surface area contributed by atoms with E-state index in [9.17, 15) is 4.79 Å². The smallest absolute Gasteiger partial charge is 0.304 e. The first-order valence-electron chi connectivity index (χ1n) is 5.37. The molecule has 0 fully saturated rings. The van der Waals surface area contributed by atoms with Crippen LogP contribution in [0.3, 0.4) is 0 Å². The van der Waals surface area contributed by atoms with E-state index in [1.54, 1.807) is 0 Å². The fourth-order valence-corrected chi connectivity index (χ4v) is 1.19. The van der Waals surface area contributed by atoms with Crippen LogP contribution >= 0.6 is 0 Å². The summed E-state index contributed by atoms with van der Waals surface area (Å²) >= 11 is 0. The Hall–Kier alpha value is -0.970. The van der Waals surface area contributed by atoms with Crippen molar-refractivity contribution < 1.29 is 9.90 Å². The second-order valence-corrected chi connectivity index (χ2v) is 3.61. The molecule has 2 nitrogen and oxygen atoms in total. The topological polar surface area (TPSA) is 37.3 Å². The highest BCUT2D eigenvalue weighted by Gasteiger charge is 1.96. The van der Waals surface area contributed by atoms with E-state index in [-0.39, 0.29) is 6.42 Å². The van der Waals surface area contributed by atoms with Gasteiger partial charge >= 0.3 is 5.97 Å². The van der Waals surface area contributed by atoms with Gasteiger partial charge in [0.05, 0.1) is 6.42 Å². The van der Waals surface area contributed by atoms with Crippen LogP contribution in [-0.2, 0) is 4.79 Å². The number of rotatable bonds is 6. The van der Waals surface area contributed by atoms with Crippen LogP contribution in [0.1, 0.15) is 52.4 Å². The molecule has 0 saturated carbocycles. The molecular weight excluding hydrogens is 176 g/mol. The zero-order valence-electron chi connectivity index (χ0n) is 9.18. The minimum absolute atomic E-state index is 0.161. The van der Waals surface area contributed by atoms with Crippen molar-refractivity contribution in [1.82, 2.24) is 0 Å². The summed E-state index contributed by atoms with van der Waals surface area (Å²) in [6.45, 7) is 4.28. The van der Waals surface area contributed by atoms with Crippen LogP contribution in [0, 0.1) is 17.8 Å². The van der Waals surface area contributed by atoms with Gasteiger partial charge in [-0.1, -0.05) is 33.1 Å². The predicted octanol–water partition coefficient (Wildman–Crippen LogP) is 3.07. The first-order valence-corrected chi connectivity index (χ1v) is 5.37. The molecule has 0 aromatic heterocycles. The summed E-state index contributed by atoms with van der Waals surface area (Å²) in [4.78, 5) is 10.2. The summed E-state index contributed by atoms with van der Waals surface area (Å²) in [5.41, 5.74) is 0. The number of carboxylic acid groups (broad SMARTS) is 1. The van der Waals surface area contributed by atoms with Crippen molar-refractivity contribution in [3.8, 4) is 11.8 Å². The molecule has 0 saturated heterocycles. The molecule has 2 heteroatoms. The minimum Gasteiger partial charge on any atom is -0.481 e. The van der Waals surface area contributed by atoms with Gasteiger partial charge in [0, 0.05) is 12.3 Å². The Balaban J connectivity index is 3.48. The third-order valence-corrected chi connectivity index (χ3v) is 2.05. The molecule has 0 heterocycles. The van der Waals surface area contributed by atoms with Crippen LogP contribution in [0.5, 0.6) is 0 Å². The average Bonchev–Trinajstić information content (AvgIpc) is 2.13. The lowest BCUT2D eigenvalue weighted by Crippen LogP contribution is -1.93. The van der Waals surface area contributed by atoms with Crippen LogP contribution in [0.25, 0.3) is 0 Å². The van der Waals surface area contributed by atoms with Gasteiger partial charge in [-0.05, 0) is 6.42 Å². The van der Waals surface area contributed by atoms with Gasteiger partial charge in [0.15, 0.2) is 0 Å². The number of hydrogen-bond donors (Lipinski definition) is 1. The molecule has 14 heavy (non-hydrogen) atoms. The number of carboxylic acids is 1. The lowest BCUT2D eigenvalue weighted by atomic mass is 10.0. The standard InChI is InChI=1S/C12H20O2/c1-3-4-5-8-11(2)9-6-7-10-12(13)14/h11H,3-5,7-8,10H2,1-2H3,(H,13,14). The SMILES string of the molecule is CCCCCC(C)C#CCCC(=O)O. The van der Waals surface area contributed by atoms with Gasteiger partial charge in [-0.2, -0.15) is 0 Å². The largest absolute Gasteiger partial charge is 0.481 e. The Labute approximate surface area is 86.7 Å². The zero-order chi connectivity index (χ0) is 10.8. The summed E-state index contributed by atoms with van der Waals surface area (Å²) in [5, 5.41) is 8.38. The Morgan fingerprint density at radius 1 is 1.43 bits per heavy atom. The highest BCUT2D eigenvalue weighted by Crippen LogP contribution is 2.07. The van der Waals surface area contributed by atoms with Gasteiger partial charge in [-0.25, -0.2) is 0 Å². The highest BCUT2D eigenvalue weighted by molar-refractivity contribution is 5.66. The molecule has 0 radical (unpaired) electrons. The van der Waals surface area contributed by atoms with Crippen molar-refractivity contribution in [1.29, 1.82) is 0 Å².